The van der Waals surface area contributed by atoms with E-state index in [0.29, 0.717) is 5.92 Å². The van der Waals surface area contributed by atoms with Crippen LogP contribution in [0.1, 0.15) is 39.7 Å². The van der Waals surface area contributed by atoms with Gasteiger partial charge in [0.15, 0.2) is 0 Å². The smallest absolute Gasteiger partial charge is 0.0435 e. The fourth-order valence-electron chi connectivity index (χ4n) is 2.84. The zero-order valence-electron chi connectivity index (χ0n) is 12.0. The molecule has 1 saturated heterocycles. The van der Waals surface area contributed by atoms with E-state index < -0.39 is 0 Å². The average molecular weight is 247 g/mol. The minimum Gasteiger partial charge on any atom is -0.369 e. The summed E-state index contributed by atoms with van der Waals surface area (Å²) in [6.07, 6.45) is 5.02. The molecule has 0 unspecified atom stereocenters. The van der Waals surface area contributed by atoms with Crippen LogP contribution in [0.5, 0.6) is 0 Å². The van der Waals surface area contributed by atoms with Crippen molar-refractivity contribution in [1.29, 1.82) is 0 Å². The minimum absolute atomic E-state index is 0.119. The van der Waals surface area contributed by atoms with E-state index in [2.05, 4.69) is 43.6 Å². The van der Waals surface area contributed by atoms with Gasteiger partial charge in [-0.1, -0.05) is 27.7 Å². The SMILES string of the molecule is C[C@H]1C[C@@H](N)CN(c2ccncc2C(C)(C)C)C1. The van der Waals surface area contributed by atoms with Crippen molar-refractivity contribution in [1.82, 2.24) is 4.98 Å². The number of piperidine rings is 1. The Balaban J connectivity index is 2.33. The van der Waals surface area contributed by atoms with Crippen molar-refractivity contribution in [3.05, 3.63) is 24.0 Å². The van der Waals surface area contributed by atoms with Gasteiger partial charge in [0.1, 0.15) is 0 Å². The fourth-order valence-corrected chi connectivity index (χ4v) is 2.84. The summed E-state index contributed by atoms with van der Waals surface area (Å²) in [5.74, 6) is 0.662. The number of hydrogen-bond acceptors (Lipinski definition) is 3. The number of hydrogen-bond donors (Lipinski definition) is 1. The van der Waals surface area contributed by atoms with Crippen LogP contribution in [-0.2, 0) is 5.41 Å². The summed E-state index contributed by atoms with van der Waals surface area (Å²) < 4.78 is 0. The van der Waals surface area contributed by atoms with Crippen molar-refractivity contribution < 1.29 is 0 Å². The van der Waals surface area contributed by atoms with Crippen LogP contribution in [0.15, 0.2) is 18.5 Å². The van der Waals surface area contributed by atoms with Gasteiger partial charge >= 0.3 is 0 Å². The number of nitrogens with two attached hydrogens (primary N) is 1. The Morgan fingerprint density at radius 2 is 2.06 bits per heavy atom. The molecule has 1 aliphatic heterocycles. The molecule has 0 radical (unpaired) electrons. The first kappa shape index (κ1) is 13.3. The molecule has 2 N–H and O–H groups in total. The highest BCUT2D eigenvalue weighted by Gasteiger charge is 2.26. The van der Waals surface area contributed by atoms with Gasteiger partial charge in [0.05, 0.1) is 0 Å². The van der Waals surface area contributed by atoms with Gasteiger partial charge in [-0.3, -0.25) is 4.98 Å². The first-order valence-corrected chi connectivity index (χ1v) is 6.83. The molecule has 3 nitrogen and oxygen atoms in total. The van der Waals surface area contributed by atoms with Gasteiger partial charge < -0.3 is 10.6 Å². The second-order valence-electron chi connectivity index (χ2n) is 6.65. The Morgan fingerprint density at radius 1 is 1.33 bits per heavy atom. The highest BCUT2D eigenvalue weighted by Crippen LogP contribution is 2.33. The van der Waals surface area contributed by atoms with Crippen molar-refractivity contribution in [2.45, 2.75) is 45.6 Å². The average Bonchev–Trinajstić information content (AvgIpc) is 2.26. The summed E-state index contributed by atoms with van der Waals surface area (Å²) in [4.78, 5) is 6.72. The second kappa shape index (κ2) is 4.88. The molecule has 0 spiro atoms. The van der Waals surface area contributed by atoms with Gasteiger partial charge in [0.2, 0.25) is 0 Å². The number of anilines is 1. The third kappa shape index (κ3) is 2.83. The second-order valence-corrected chi connectivity index (χ2v) is 6.65. The van der Waals surface area contributed by atoms with E-state index in [1.807, 2.05) is 12.4 Å². The molecule has 0 amide bonds. The summed E-state index contributed by atoms with van der Waals surface area (Å²) >= 11 is 0. The van der Waals surface area contributed by atoms with Crippen LogP contribution >= 0.6 is 0 Å². The lowest BCUT2D eigenvalue weighted by Crippen LogP contribution is -2.47. The maximum Gasteiger partial charge on any atom is 0.0435 e. The Labute approximate surface area is 110 Å². The Bertz CT molecular complexity index is 398. The van der Waals surface area contributed by atoms with Crippen molar-refractivity contribution in [3.8, 4) is 0 Å². The van der Waals surface area contributed by atoms with Crippen LogP contribution in [0, 0.1) is 5.92 Å². The lowest BCUT2D eigenvalue weighted by atomic mass is 9.86. The van der Waals surface area contributed by atoms with Gasteiger partial charge in [0.25, 0.3) is 0 Å². The number of aromatic nitrogens is 1. The molecule has 2 rings (SSSR count). The summed E-state index contributed by atoms with van der Waals surface area (Å²) in [7, 11) is 0. The first-order chi connectivity index (χ1) is 8.38. The molecule has 0 bridgehead atoms. The molecule has 100 valence electrons. The van der Waals surface area contributed by atoms with Gasteiger partial charge in [-0.05, 0) is 29.4 Å². The van der Waals surface area contributed by atoms with Crippen LogP contribution in [0.3, 0.4) is 0 Å². The van der Waals surface area contributed by atoms with Gasteiger partial charge in [-0.25, -0.2) is 0 Å². The molecular formula is C15H25N3. The highest BCUT2D eigenvalue weighted by atomic mass is 15.2. The number of rotatable bonds is 1. The standard InChI is InChI=1S/C15H25N3/c1-11-7-12(16)10-18(9-11)14-5-6-17-8-13(14)15(2,3)4/h5-6,8,11-12H,7,9-10,16H2,1-4H3/t11-,12+/m0/s1. The van der Waals surface area contributed by atoms with E-state index in [4.69, 9.17) is 5.73 Å². The van der Waals surface area contributed by atoms with Gasteiger partial charge in [0, 0.05) is 37.2 Å². The van der Waals surface area contributed by atoms with E-state index >= 15 is 0 Å². The van der Waals surface area contributed by atoms with Crippen LogP contribution in [0.25, 0.3) is 0 Å². The number of pyridine rings is 1. The molecule has 0 saturated carbocycles. The Kier molecular flexibility index (Phi) is 3.62. The molecule has 18 heavy (non-hydrogen) atoms. The Hall–Kier alpha value is -1.09. The van der Waals surface area contributed by atoms with Crippen LogP contribution in [0.2, 0.25) is 0 Å². The van der Waals surface area contributed by atoms with Crippen LogP contribution < -0.4 is 10.6 Å². The maximum absolute atomic E-state index is 6.15. The largest absolute Gasteiger partial charge is 0.369 e. The van der Waals surface area contributed by atoms with E-state index in [1.54, 1.807) is 0 Å². The molecule has 1 aromatic rings. The van der Waals surface area contributed by atoms with Gasteiger partial charge in [-0.2, -0.15) is 0 Å². The molecule has 1 aromatic heterocycles. The topological polar surface area (TPSA) is 42.1 Å². The number of nitrogens with zero attached hydrogens (tertiary/aromatic N) is 2. The molecule has 1 aliphatic rings. The molecule has 0 aliphatic carbocycles. The van der Waals surface area contributed by atoms with E-state index in [-0.39, 0.29) is 11.5 Å². The van der Waals surface area contributed by atoms with Gasteiger partial charge in [-0.15, -0.1) is 0 Å². The molecule has 0 aromatic carbocycles. The van der Waals surface area contributed by atoms with Crippen molar-refractivity contribution >= 4 is 5.69 Å². The van der Waals surface area contributed by atoms with E-state index in [0.717, 1.165) is 19.5 Å². The summed E-state index contributed by atoms with van der Waals surface area (Å²) in [5.41, 5.74) is 8.89. The van der Waals surface area contributed by atoms with Crippen LogP contribution in [-0.4, -0.2) is 24.1 Å². The lowest BCUT2D eigenvalue weighted by molar-refractivity contribution is 0.399. The minimum atomic E-state index is 0.119. The predicted octanol–water partition coefficient (Wildman–Crippen LogP) is 2.55. The molecular weight excluding hydrogens is 222 g/mol. The van der Waals surface area contributed by atoms with E-state index in [1.165, 1.54) is 11.3 Å². The third-order valence-electron chi connectivity index (χ3n) is 3.64. The molecule has 2 heterocycles. The summed E-state index contributed by atoms with van der Waals surface area (Å²) in [6.45, 7) is 11.0. The first-order valence-electron chi connectivity index (χ1n) is 6.83. The molecule has 2 atom stereocenters. The van der Waals surface area contributed by atoms with Crippen molar-refractivity contribution in [3.63, 3.8) is 0 Å². The van der Waals surface area contributed by atoms with E-state index in [9.17, 15) is 0 Å². The fraction of sp³-hybridized carbons (Fsp3) is 0.667. The van der Waals surface area contributed by atoms with Crippen LogP contribution in [0.4, 0.5) is 5.69 Å². The zero-order chi connectivity index (χ0) is 13.3. The predicted molar refractivity (Wildman–Crippen MR) is 76.9 cm³/mol. The summed E-state index contributed by atoms with van der Waals surface area (Å²) in [5, 5.41) is 0. The Morgan fingerprint density at radius 3 is 2.67 bits per heavy atom. The monoisotopic (exact) mass is 247 g/mol. The lowest BCUT2D eigenvalue weighted by Gasteiger charge is -2.39. The highest BCUT2D eigenvalue weighted by molar-refractivity contribution is 5.55. The molecule has 1 fully saturated rings. The maximum atomic E-state index is 6.15. The quantitative estimate of drug-likeness (QED) is 0.829. The normalized spacial score (nSPS) is 25.3. The third-order valence-corrected chi connectivity index (χ3v) is 3.64. The van der Waals surface area contributed by atoms with Crippen molar-refractivity contribution in [2.75, 3.05) is 18.0 Å². The van der Waals surface area contributed by atoms with Crippen molar-refractivity contribution in [2.24, 2.45) is 11.7 Å². The summed E-state index contributed by atoms with van der Waals surface area (Å²) in [6, 6.07) is 2.42. The molecule has 3 heteroatoms. The zero-order valence-corrected chi connectivity index (χ0v) is 12.0.